The highest BCUT2D eigenvalue weighted by Gasteiger charge is 2.22. The Labute approximate surface area is 167 Å². The van der Waals surface area contributed by atoms with E-state index in [9.17, 15) is 10.1 Å². The minimum atomic E-state index is 0.0480. The number of nitrogens with zero attached hydrogens (tertiary/aromatic N) is 4. The molecule has 7 heteroatoms. The summed E-state index contributed by atoms with van der Waals surface area (Å²) in [6.07, 6.45) is 8.09. The van der Waals surface area contributed by atoms with Gasteiger partial charge in [-0.1, -0.05) is 18.0 Å². The Bertz CT molecular complexity index is 1260. The van der Waals surface area contributed by atoms with E-state index in [1.807, 2.05) is 33.7 Å². The van der Waals surface area contributed by atoms with Crippen LogP contribution in [0.5, 0.6) is 0 Å². The SMILES string of the molecule is N#Cc1ccc2[nH]cc(-c3noc4cc(C(=O)N5CCCCCC5)ccc34)[n+]2c1. The Morgan fingerprint density at radius 1 is 1.17 bits per heavy atom. The van der Waals surface area contributed by atoms with Crippen LogP contribution >= 0.6 is 0 Å². The molecule has 3 aromatic heterocycles. The number of hydrogen-bond donors (Lipinski definition) is 1. The minimum absolute atomic E-state index is 0.0480. The van der Waals surface area contributed by atoms with Crippen molar-refractivity contribution in [2.75, 3.05) is 13.1 Å². The molecule has 1 fully saturated rings. The summed E-state index contributed by atoms with van der Waals surface area (Å²) in [6, 6.07) is 11.3. The quantitative estimate of drug-likeness (QED) is 0.534. The van der Waals surface area contributed by atoms with Crippen molar-refractivity contribution in [1.82, 2.24) is 15.0 Å². The second-order valence-electron chi connectivity index (χ2n) is 7.41. The monoisotopic (exact) mass is 386 g/mol. The predicted octanol–water partition coefficient (Wildman–Crippen LogP) is 3.45. The lowest BCUT2D eigenvalue weighted by Crippen LogP contribution is -2.31. The summed E-state index contributed by atoms with van der Waals surface area (Å²) in [5.41, 5.74) is 4.07. The van der Waals surface area contributed by atoms with Crippen molar-refractivity contribution in [3.63, 3.8) is 0 Å². The Balaban J connectivity index is 1.53. The van der Waals surface area contributed by atoms with E-state index < -0.39 is 0 Å². The molecule has 1 aliphatic heterocycles. The van der Waals surface area contributed by atoms with E-state index in [1.165, 1.54) is 12.8 Å². The Hall–Kier alpha value is -3.66. The van der Waals surface area contributed by atoms with Crippen molar-refractivity contribution >= 4 is 22.5 Å². The highest BCUT2D eigenvalue weighted by molar-refractivity contribution is 5.99. The number of aromatic amines is 1. The van der Waals surface area contributed by atoms with Crippen LogP contribution in [0.15, 0.2) is 47.2 Å². The zero-order chi connectivity index (χ0) is 19.8. The summed E-state index contributed by atoms with van der Waals surface area (Å²) < 4.78 is 7.45. The molecule has 0 radical (unpaired) electrons. The molecule has 1 aromatic carbocycles. The minimum Gasteiger partial charge on any atom is -0.355 e. The highest BCUT2D eigenvalue weighted by Crippen LogP contribution is 2.27. The van der Waals surface area contributed by atoms with Crippen molar-refractivity contribution < 1.29 is 13.7 Å². The molecule has 144 valence electrons. The third-order valence-electron chi connectivity index (χ3n) is 5.55. The van der Waals surface area contributed by atoms with E-state index in [1.54, 1.807) is 18.3 Å². The van der Waals surface area contributed by atoms with Gasteiger partial charge in [0.1, 0.15) is 18.5 Å². The van der Waals surface area contributed by atoms with E-state index in [4.69, 9.17) is 4.52 Å². The van der Waals surface area contributed by atoms with E-state index in [2.05, 4.69) is 16.2 Å². The smallest absolute Gasteiger partial charge is 0.284 e. The number of carbonyl (C=O) groups is 1. The van der Waals surface area contributed by atoms with E-state index in [0.29, 0.717) is 22.4 Å². The summed E-state index contributed by atoms with van der Waals surface area (Å²) in [7, 11) is 0. The largest absolute Gasteiger partial charge is 0.355 e. The van der Waals surface area contributed by atoms with Gasteiger partial charge >= 0.3 is 0 Å². The molecule has 0 bridgehead atoms. The number of nitriles is 1. The lowest BCUT2D eigenvalue weighted by molar-refractivity contribution is -0.498. The number of amides is 1. The first-order valence-corrected chi connectivity index (χ1v) is 9.86. The Kier molecular flexibility index (Phi) is 4.24. The Morgan fingerprint density at radius 2 is 2.00 bits per heavy atom. The van der Waals surface area contributed by atoms with Crippen LogP contribution in [0.2, 0.25) is 0 Å². The van der Waals surface area contributed by atoms with Gasteiger partial charge in [-0.3, -0.25) is 4.79 Å². The van der Waals surface area contributed by atoms with Crippen LogP contribution in [-0.2, 0) is 0 Å². The number of hydrogen-bond acceptors (Lipinski definition) is 4. The molecule has 0 unspecified atom stereocenters. The van der Waals surface area contributed by atoms with Gasteiger partial charge in [0.05, 0.1) is 10.9 Å². The molecule has 5 rings (SSSR count). The summed E-state index contributed by atoms with van der Waals surface area (Å²) in [4.78, 5) is 18.0. The second-order valence-corrected chi connectivity index (χ2v) is 7.41. The maximum atomic E-state index is 12.9. The number of H-pyrrole nitrogens is 1. The standard InChI is InChI=1S/C22H19N5O2/c23-12-15-5-8-20-24-13-18(27(20)14-15)21-17-7-6-16(11-19(17)29-25-21)22(28)26-9-3-1-2-4-10-26/h5-8,11,13-14H,1-4,9-10H2/p+1. The Morgan fingerprint density at radius 3 is 2.79 bits per heavy atom. The molecule has 0 aliphatic carbocycles. The van der Waals surface area contributed by atoms with Gasteiger partial charge in [-0.2, -0.15) is 9.66 Å². The van der Waals surface area contributed by atoms with Crippen LogP contribution in [0.1, 0.15) is 41.6 Å². The van der Waals surface area contributed by atoms with Gasteiger partial charge in [0, 0.05) is 24.7 Å². The topological polar surface area (TPSA) is 90.0 Å². The number of pyridine rings is 1. The molecule has 7 nitrogen and oxygen atoms in total. The molecule has 1 aliphatic rings. The van der Waals surface area contributed by atoms with Crippen LogP contribution in [0.3, 0.4) is 0 Å². The average Bonchev–Trinajstić information content (AvgIpc) is 3.26. The molecule has 0 spiro atoms. The summed E-state index contributed by atoms with van der Waals surface area (Å²) in [5.74, 6) is 0.0480. The third-order valence-corrected chi connectivity index (χ3v) is 5.55. The maximum absolute atomic E-state index is 12.9. The molecular weight excluding hydrogens is 366 g/mol. The second kappa shape index (κ2) is 7.06. The van der Waals surface area contributed by atoms with Crippen LogP contribution < -0.4 is 4.40 Å². The highest BCUT2D eigenvalue weighted by atomic mass is 16.5. The lowest BCUT2D eigenvalue weighted by Gasteiger charge is -2.20. The first-order chi connectivity index (χ1) is 14.2. The molecule has 1 N–H and O–H groups in total. The van der Waals surface area contributed by atoms with E-state index in [0.717, 1.165) is 42.7 Å². The predicted molar refractivity (Wildman–Crippen MR) is 106 cm³/mol. The summed E-state index contributed by atoms with van der Waals surface area (Å²) in [6.45, 7) is 1.62. The molecule has 1 amide bonds. The van der Waals surface area contributed by atoms with Crippen molar-refractivity contribution in [1.29, 1.82) is 5.26 Å². The number of aromatic nitrogens is 3. The molecule has 29 heavy (non-hydrogen) atoms. The molecule has 1 saturated heterocycles. The third kappa shape index (κ3) is 3.03. The van der Waals surface area contributed by atoms with Crippen molar-refractivity contribution in [2.24, 2.45) is 0 Å². The van der Waals surface area contributed by atoms with Gasteiger partial charge < -0.3 is 9.42 Å². The number of imidazole rings is 1. The van der Waals surface area contributed by atoms with Crippen molar-refractivity contribution in [3.8, 4) is 17.5 Å². The number of fused-ring (bicyclic) bond motifs is 2. The molecule has 0 atom stereocenters. The van der Waals surface area contributed by atoms with Gasteiger partial charge in [0.15, 0.2) is 11.3 Å². The fourth-order valence-electron chi connectivity index (χ4n) is 3.99. The zero-order valence-electron chi connectivity index (χ0n) is 15.9. The zero-order valence-corrected chi connectivity index (χ0v) is 15.9. The van der Waals surface area contributed by atoms with Gasteiger partial charge in [-0.25, -0.2) is 4.98 Å². The number of carbonyl (C=O) groups excluding carboxylic acids is 1. The number of likely N-dealkylation sites (tertiary alicyclic amines) is 1. The van der Waals surface area contributed by atoms with Crippen LogP contribution in [0.25, 0.3) is 28.0 Å². The summed E-state index contributed by atoms with van der Waals surface area (Å²) in [5, 5.41) is 14.3. The summed E-state index contributed by atoms with van der Waals surface area (Å²) >= 11 is 0. The molecule has 4 aromatic rings. The van der Waals surface area contributed by atoms with Crippen LogP contribution in [0.4, 0.5) is 0 Å². The maximum Gasteiger partial charge on any atom is 0.284 e. The van der Waals surface area contributed by atoms with Gasteiger partial charge in [-0.15, -0.1) is 0 Å². The number of benzene rings is 1. The van der Waals surface area contributed by atoms with Crippen LogP contribution in [0, 0.1) is 11.3 Å². The average molecular weight is 386 g/mol. The fraction of sp³-hybridized carbons (Fsp3) is 0.273. The van der Waals surface area contributed by atoms with E-state index >= 15 is 0 Å². The number of nitrogens with one attached hydrogen (secondary N) is 1. The molecule has 4 heterocycles. The molecular formula is C22H20N5O2+. The van der Waals surface area contributed by atoms with Crippen molar-refractivity contribution in [3.05, 3.63) is 53.9 Å². The number of rotatable bonds is 2. The van der Waals surface area contributed by atoms with Gasteiger partial charge in [-0.05, 0) is 37.1 Å². The van der Waals surface area contributed by atoms with Gasteiger partial charge in [0.2, 0.25) is 5.69 Å². The van der Waals surface area contributed by atoms with Crippen LogP contribution in [-0.4, -0.2) is 34.0 Å². The first-order valence-electron chi connectivity index (χ1n) is 9.86. The normalized spacial score (nSPS) is 14.8. The first kappa shape index (κ1) is 17.4. The van der Waals surface area contributed by atoms with Crippen molar-refractivity contribution in [2.45, 2.75) is 25.7 Å². The molecule has 0 saturated carbocycles. The fourth-order valence-corrected chi connectivity index (χ4v) is 3.99. The lowest BCUT2D eigenvalue weighted by atomic mass is 10.1. The van der Waals surface area contributed by atoms with E-state index in [-0.39, 0.29) is 5.91 Å². The van der Waals surface area contributed by atoms with Gasteiger partial charge in [0.25, 0.3) is 11.6 Å².